The molecule has 2 aromatic carbocycles. The van der Waals surface area contributed by atoms with Crippen LogP contribution in [0.4, 0.5) is 5.82 Å². The van der Waals surface area contributed by atoms with Gasteiger partial charge in [-0.1, -0.05) is 61.5 Å². The molecule has 184 valence electrons. The normalized spacial score (nSPS) is 19.6. The lowest BCUT2D eigenvalue weighted by atomic mass is 9.95. The molecule has 5 rings (SSSR count). The summed E-state index contributed by atoms with van der Waals surface area (Å²) in [6.07, 6.45) is 1.91. The molecule has 0 aliphatic carbocycles. The highest BCUT2D eigenvalue weighted by molar-refractivity contribution is 5.92. The summed E-state index contributed by atoms with van der Waals surface area (Å²) in [5.41, 5.74) is 3.68. The zero-order valence-corrected chi connectivity index (χ0v) is 20.3. The number of hydrogen-bond donors (Lipinski definition) is 3. The van der Waals surface area contributed by atoms with E-state index in [-0.39, 0.29) is 30.2 Å². The smallest absolute Gasteiger partial charge is 0.229 e. The Morgan fingerprint density at radius 3 is 2.47 bits per heavy atom. The van der Waals surface area contributed by atoms with Gasteiger partial charge in [0.25, 0.3) is 0 Å². The second kappa shape index (κ2) is 10.2. The Kier molecular flexibility index (Phi) is 6.69. The maximum atomic E-state index is 13.0. The van der Waals surface area contributed by atoms with Crippen molar-refractivity contribution in [2.24, 2.45) is 5.92 Å². The Balaban J connectivity index is 1.35. The highest BCUT2D eigenvalue weighted by Crippen LogP contribution is 2.27. The van der Waals surface area contributed by atoms with Gasteiger partial charge in [0.15, 0.2) is 12.0 Å². The van der Waals surface area contributed by atoms with Crippen molar-refractivity contribution in [3.63, 3.8) is 0 Å². The van der Waals surface area contributed by atoms with E-state index in [4.69, 9.17) is 4.42 Å². The first-order chi connectivity index (χ1) is 17.5. The molecule has 0 spiro atoms. The predicted octanol–water partition coefficient (Wildman–Crippen LogP) is 4.58. The van der Waals surface area contributed by atoms with Gasteiger partial charge in [0.05, 0.1) is 18.6 Å². The number of nitrogens with zero attached hydrogens (tertiary/aromatic N) is 2. The number of carbonyl (C=O) groups is 2. The first-order valence-corrected chi connectivity index (χ1v) is 12.2. The Bertz CT molecular complexity index is 1330. The molecule has 0 bridgehead atoms. The highest BCUT2D eigenvalue weighted by Gasteiger charge is 2.34. The first kappa shape index (κ1) is 23.6. The number of rotatable bonds is 7. The number of hydrogen-bond acceptors (Lipinski definition) is 5. The van der Waals surface area contributed by atoms with Crippen LogP contribution in [0.3, 0.4) is 0 Å². The molecule has 2 aromatic heterocycles. The molecule has 0 saturated carbocycles. The number of carbonyl (C=O) groups excluding carboxylic acids is 2. The van der Waals surface area contributed by atoms with Crippen LogP contribution in [0, 0.1) is 5.92 Å². The van der Waals surface area contributed by atoms with E-state index in [1.54, 1.807) is 29.1 Å². The van der Waals surface area contributed by atoms with Gasteiger partial charge in [-0.05, 0) is 42.2 Å². The lowest BCUT2D eigenvalue weighted by molar-refractivity contribution is -0.130. The van der Waals surface area contributed by atoms with E-state index in [1.165, 1.54) is 0 Å². The Morgan fingerprint density at radius 1 is 1.06 bits per heavy atom. The zero-order chi connectivity index (χ0) is 25.1. The number of anilines is 1. The molecule has 4 aromatic rings. The number of furan rings is 1. The van der Waals surface area contributed by atoms with E-state index in [1.807, 2.05) is 56.3 Å². The summed E-state index contributed by atoms with van der Waals surface area (Å²) >= 11 is 0. The molecule has 1 aliphatic heterocycles. The van der Waals surface area contributed by atoms with Crippen molar-refractivity contribution >= 4 is 17.6 Å². The fourth-order valence-electron chi connectivity index (χ4n) is 4.59. The third-order valence-electron chi connectivity index (χ3n) is 6.53. The minimum Gasteiger partial charge on any atom is -0.463 e. The van der Waals surface area contributed by atoms with Crippen LogP contribution in [0.2, 0.25) is 0 Å². The maximum Gasteiger partial charge on any atom is 0.229 e. The summed E-state index contributed by atoms with van der Waals surface area (Å²) in [7, 11) is 0. The lowest BCUT2D eigenvalue weighted by Crippen LogP contribution is -2.57. The lowest BCUT2D eigenvalue weighted by Gasteiger charge is -2.35. The molecule has 0 radical (unpaired) electrons. The van der Waals surface area contributed by atoms with Crippen LogP contribution in [0.1, 0.15) is 32.1 Å². The molecular weight excluding hydrogens is 454 g/mol. The van der Waals surface area contributed by atoms with E-state index >= 15 is 0 Å². The molecule has 2 amide bonds. The highest BCUT2D eigenvalue weighted by atomic mass is 16.3. The number of benzene rings is 2. The van der Waals surface area contributed by atoms with Gasteiger partial charge in [0.1, 0.15) is 11.5 Å². The second-order valence-electron chi connectivity index (χ2n) is 9.01. The average molecular weight is 484 g/mol. The summed E-state index contributed by atoms with van der Waals surface area (Å²) < 4.78 is 7.10. The fourth-order valence-corrected chi connectivity index (χ4v) is 4.59. The minimum atomic E-state index is -0.598. The van der Waals surface area contributed by atoms with Crippen molar-refractivity contribution in [1.29, 1.82) is 0 Å². The third-order valence-corrected chi connectivity index (χ3v) is 6.53. The zero-order valence-electron chi connectivity index (χ0n) is 20.3. The minimum absolute atomic E-state index is 0.0421. The molecular formula is C28H29N5O3. The maximum absolute atomic E-state index is 13.0. The van der Waals surface area contributed by atoms with E-state index < -0.39 is 6.29 Å². The molecule has 1 saturated heterocycles. The Hall–Kier alpha value is -4.17. The van der Waals surface area contributed by atoms with Crippen LogP contribution in [-0.2, 0) is 16.0 Å². The molecule has 8 heteroatoms. The van der Waals surface area contributed by atoms with Crippen molar-refractivity contribution in [2.45, 2.75) is 39.0 Å². The number of amides is 2. The van der Waals surface area contributed by atoms with E-state index in [2.05, 4.69) is 33.2 Å². The number of aromatic nitrogens is 2. The van der Waals surface area contributed by atoms with E-state index in [0.717, 1.165) is 23.1 Å². The van der Waals surface area contributed by atoms with Gasteiger partial charge in [0, 0.05) is 12.1 Å². The Morgan fingerprint density at radius 2 is 1.81 bits per heavy atom. The summed E-state index contributed by atoms with van der Waals surface area (Å²) in [6, 6.07) is 23.4. The average Bonchev–Trinajstić information content (AvgIpc) is 3.55. The van der Waals surface area contributed by atoms with Crippen LogP contribution in [0.5, 0.6) is 0 Å². The summed E-state index contributed by atoms with van der Waals surface area (Å²) in [4.78, 5) is 25.7. The van der Waals surface area contributed by atoms with Crippen LogP contribution >= 0.6 is 0 Å². The van der Waals surface area contributed by atoms with Crippen LogP contribution in [0.15, 0.2) is 83.5 Å². The van der Waals surface area contributed by atoms with Crippen LogP contribution < -0.4 is 16.0 Å². The summed E-state index contributed by atoms with van der Waals surface area (Å²) in [5.74, 6) is 0.684. The largest absolute Gasteiger partial charge is 0.463 e. The van der Waals surface area contributed by atoms with Crippen LogP contribution in [0.25, 0.3) is 22.6 Å². The molecule has 3 N–H and O–H groups in total. The van der Waals surface area contributed by atoms with Crippen molar-refractivity contribution in [3.05, 3.63) is 84.6 Å². The monoisotopic (exact) mass is 483 g/mol. The van der Waals surface area contributed by atoms with Crippen molar-refractivity contribution < 1.29 is 14.0 Å². The second-order valence-corrected chi connectivity index (χ2v) is 9.01. The topological polar surface area (TPSA) is 101 Å². The van der Waals surface area contributed by atoms with Crippen molar-refractivity contribution in [3.8, 4) is 22.6 Å². The molecule has 3 atom stereocenters. The van der Waals surface area contributed by atoms with Crippen molar-refractivity contribution in [1.82, 2.24) is 20.4 Å². The molecule has 3 heterocycles. The molecule has 3 unspecified atom stereocenters. The van der Waals surface area contributed by atoms with Gasteiger partial charge in [0.2, 0.25) is 11.8 Å². The Labute approximate surface area is 209 Å². The van der Waals surface area contributed by atoms with Gasteiger partial charge < -0.3 is 15.1 Å². The quantitative estimate of drug-likeness (QED) is 0.357. The molecule has 8 nitrogen and oxygen atoms in total. The number of nitrogens with one attached hydrogen (secondary N) is 3. The van der Waals surface area contributed by atoms with Gasteiger partial charge in [-0.25, -0.2) is 4.68 Å². The predicted molar refractivity (Wildman–Crippen MR) is 138 cm³/mol. The van der Waals surface area contributed by atoms with Gasteiger partial charge in [-0.3, -0.25) is 14.9 Å². The SMILES string of the molecule is CCC1C(=O)NC(n2nc(-c3ccco3)cc2NC(=O)Cc2ccc(-c3ccccc3)cc2)NC1C. The van der Waals surface area contributed by atoms with E-state index in [0.29, 0.717) is 17.3 Å². The van der Waals surface area contributed by atoms with E-state index in [9.17, 15) is 9.59 Å². The molecule has 36 heavy (non-hydrogen) atoms. The fraction of sp³-hybridized carbons (Fsp3) is 0.250. The van der Waals surface area contributed by atoms with Gasteiger partial charge in [-0.2, -0.15) is 5.10 Å². The standard InChI is InChI=1S/C28H29N5O3/c1-3-22-18(2)29-28(31-27(22)35)33-25(17-23(32-33)24-10-7-15-36-24)30-26(34)16-19-11-13-21(14-12-19)20-8-5-4-6-9-20/h4-15,17-18,22,28-29H,3,16H2,1-2H3,(H,30,34)(H,31,35). The summed E-state index contributed by atoms with van der Waals surface area (Å²) in [6.45, 7) is 3.97. The molecule has 1 aliphatic rings. The van der Waals surface area contributed by atoms with Gasteiger partial charge >= 0.3 is 0 Å². The first-order valence-electron chi connectivity index (χ1n) is 12.2. The summed E-state index contributed by atoms with van der Waals surface area (Å²) in [5, 5.41) is 14.0. The molecule has 1 fully saturated rings. The van der Waals surface area contributed by atoms with Crippen LogP contribution in [-0.4, -0.2) is 27.6 Å². The van der Waals surface area contributed by atoms with Gasteiger partial charge in [-0.15, -0.1) is 0 Å². The van der Waals surface area contributed by atoms with Crippen molar-refractivity contribution in [2.75, 3.05) is 5.32 Å². The third kappa shape index (κ3) is 4.94.